The average Bonchev–Trinajstić information content (AvgIpc) is 3.37. The number of aromatic nitrogens is 4. The number of benzene rings is 2. The summed E-state index contributed by atoms with van der Waals surface area (Å²) >= 11 is 0. The topological polar surface area (TPSA) is 85.0 Å². The van der Waals surface area contributed by atoms with Gasteiger partial charge in [0, 0.05) is 24.6 Å². The summed E-state index contributed by atoms with van der Waals surface area (Å²) in [4.78, 5) is 27.6. The maximum absolute atomic E-state index is 14.1. The first-order valence-corrected chi connectivity index (χ1v) is 12.1. The highest BCUT2D eigenvalue weighted by Crippen LogP contribution is 2.37. The number of nitrogens with zero attached hydrogens (tertiary/aromatic N) is 5. The minimum atomic E-state index is -4.52. The van der Waals surface area contributed by atoms with Crippen LogP contribution in [0.15, 0.2) is 47.0 Å². The molecular weight excluding hydrogens is 521 g/mol. The van der Waals surface area contributed by atoms with Crippen LogP contribution < -0.4 is 0 Å². The Morgan fingerprint density at radius 1 is 0.974 bits per heavy atom. The molecule has 0 atom stereocenters. The molecule has 4 aromatic rings. The third-order valence-electron chi connectivity index (χ3n) is 6.66. The monoisotopic (exact) mass is 543 g/mol. The predicted molar refractivity (Wildman–Crippen MR) is 129 cm³/mol. The van der Waals surface area contributed by atoms with Crippen molar-refractivity contribution in [2.24, 2.45) is 0 Å². The average molecular weight is 543 g/mol. The van der Waals surface area contributed by atoms with Crippen molar-refractivity contribution in [3.63, 3.8) is 0 Å². The van der Waals surface area contributed by atoms with Gasteiger partial charge in [-0.2, -0.15) is 18.2 Å². The van der Waals surface area contributed by atoms with Gasteiger partial charge in [0.2, 0.25) is 5.82 Å². The predicted octanol–water partition coefficient (Wildman–Crippen LogP) is 6.13. The Bertz CT molecular complexity index is 1520. The van der Waals surface area contributed by atoms with Crippen LogP contribution in [0, 0.1) is 25.5 Å². The number of carbonyl (C=O) groups excluding carboxylic acids is 1. The molecule has 0 saturated carbocycles. The molecule has 202 valence electrons. The van der Waals surface area contributed by atoms with Gasteiger partial charge >= 0.3 is 6.18 Å². The first kappa shape index (κ1) is 26.4. The fraction of sp³-hybridized carbons (Fsp3) is 0.296. The largest absolute Gasteiger partial charge is 0.416 e. The zero-order valence-corrected chi connectivity index (χ0v) is 20.9. The van der Waals surface area contributed by atoms with E-state index >= 15 is 0 Å². The van der Waals surface area contributed by atoms with Gasteiger partial charge in [0.1, 0.15) is 23.0 Å². The molecule has 1 aliphatic heterocycles. The van der Waals surface area contributed by atoms with Gasteiger partial charge in [0.15, 0.2) is 0 Å². The Morgan fingerprint density at radius 2 is 1.64 bits per heavy atom. The zero-order chi connectivity index (χ0) is 27.9. The number of likely N-dealkylation sites (tertiary alicyclic amines) is 1. The lowest BCUT2D eigenvalue weighted by Gasteiger charge is -2.32. The molecule has 1 amide bonds. The molecule has 39 heavy (non-hydrogen) atoms. The van der Waals surface area contributed by atoms with Crippen LogP contribution in [0.25, 0.3) is 22.8 Å². The molecule has 0 spiro atoms. The lowest BCUT2D eigenvalue weighted by atomic mass is 9.89. The molecule has 5 rings (SSSR count). The number of hydrogen-bond donors (Lipinski definition) is 0. The van der Waals surface area contributed by atoms with Crippen molar-refractivity contribution >= 4 is 5.91 Å². The van der Waals surface area contributed by atoms with Gasteiger partial charge in [-0.25, -0.2) is 18.7 Å². The van der Waals surface area contributed by atoms with Crippen LogP contribution in [0.2, 0.25) is 0 Å². The minimum Gasteiger partial charge on any atom is -0.338 e. The Hall–Kier alpha value is -4.22. The van der Waals surface area contributed by atoms with E-state index in [4.69, 9.17) is 4.52 Å². The molecule has 1 aliphatic rings. The maximum atomic E-state index is 14.1. The van der Waals surface area contributed by atoms with E-state index in [0.29, 0.717) is 35.6 Å². The molecule has 12 heteroatoms. The van der Waals surface area contributed by atoms with Crippen LogP contribution in [-0.2, 0) is 6.18 Å². The lowest BCUT2D eigenvalue weighted by Crippen LogP contribution is -2.39. The van der Waals surface area contributed by atoms with Crippen molar-refractivity contribution in [3.8, 4) is 22.8 Å². The summed E-state index contributed by atoms with van der Waals surface area (Å²) in [5, 5.41) is 3.89. The van der Waals surface area contributed by atoms with Crippen LogP contribution >= 0.6 is 0 Å². The number of amides is 1. The summed E-state index contributed by atoms with van der Waals surface area (Å²) in [6, 6.07) is 7.90. The molecule has 0 unspecified atom stereocenters. The molecule has 7 nitrogen and oxygen atoms in total. The van der Waals surface area contributed by atoms with E-state index < -0.39 is 34.8 Å². The summed E-state index contributed by atoms with van der Waals surface area (Å²) in [5.41, 5.74) is 0.333. The van der Waals surface area contributed by atoms with Crippen LogP contribution in [0.1, 0.15) is 51.9 Å². The van der Waals surface area contributed by atoms with Gasteiger partial charge in [-0.05, 0) is 51.0 Å². The fourth-order valence-electron chi connectivity index (χ4n) is 4.79. The fourth-order valence-corrected chi connectivity index (χ4v) is 4.79. The van der Waals surface area contributed by atoms with Gasteiger partial charge in [0.05, 0.1) is 22.5 Å². The molecule has 1 saturated heterocycles. The Labute approximate surface area is 219 Å². The highest BCUT2D eigenvalue weighted by Gasteiger charge is 2.33. The second kappa shape index (κ2) is 10.2. The molecule has 0 aliphatic carbocycles. The van der Waals surface area contributed by atoms with Crippen molar-refractivity contribution in [1.29, 1.82) is 0 Å². The van der Waals surface area contributed by atoms with Gasteiger partial charge in [-0.1, -0.05) is 23.4 Å². The number of aryl methyl sites for hydroxylation is 2. The van der Waals surface area contributed by atoms with E-state index in [9.17, 15) is 26.7 Å². The number of halogens is 5. The summed E-state index contributed by atoms with van der Waals surface area (Å²) in [6.07, 6.45) is -3.63. The van der Waals surface area contributed by atoms with Crippen LogP contribution in [-0.4, -0.2) is 44.0 Å². The summed E-state index contributed by atoms with van der Waals surface area (Å²) < 4.78 is 73.3. The van der Waals surface area contributed by atoms with E-state index in [1.54, 1.807) is 13.8 Å². The Balaban J connectivity index is 1.42. The first-order valence-electron chi connectivity index (χ1n) is 12.1. The Kier molecular flexibility index (Phi) is 6.87. The second-order valence-corrected chi connectivity index (χ2v) is 9.28. The SMILES string of the molecule is Cc1nc(C)c(-c2nc(-c3cccc(C(F)(F)F)c3)no2)c(C2CCN(C(=O)c3c(F)cccc3F)CC2)n1. The van der Waals surface area contributed by atoms with Gasteiger partial charge in [-0.15, -0.1) is 0 Å². The van der Waals surface area contributed by atoms with Crippen LogP contribution in [0.4, 0.5) is 22.0 Å². The smallest absolute Gasteiger partial charge is 0.338 e. The van der Waals surface area contributed by atoms with E-state index in [2.05, 4.69) is 20.1 Å². The van der Waals surface area contributed by atoms with Crippen LogP contribution in [0.3, 0.4) is 0 Å². The molecular formula is C27H22F5N5O2. The quantitative estimate of drug-likeness (QED) is 0.288. The molecule has 0 bridgehead atoms. The summed E-state index contributed by atoms with van der Waals surface area (Å²) in [7, 11) is 0. The molecule has 3 heterocycles. The zero-order valence-electron chi connectivity index (χ0n) is 20.9. The van der Waals surface area contributed by atoms with Crippen LogP contribution in [0.5, 0.6) is 0 Å². The number of carbonyl (C=O) groups is 1. The van der Waals surface area contributed by atoms with E-state index in [1.165, 1.54) is 23.1 Å². The third-order valence-corrected chi connectivity index (χ3v) is 6.66. The van der Waals surface area contributed by atoms with Gasteiger partial charge in [0.25, 0.3) is 11.8 Å². The highest BCUT2D eigenvalue weighted by molar-refractivity contribution is 5.94. The summed E-state index contributed by atoms with van der Waals surface area (Å²) in [6.45, 7) is 3.93. The molecule has 1 fully saturated rings. The Morgan fingerprint density at radius 3 is 2.31 bits per heavy atom. The standard InChI is InChI=1S/C27H22F5N5O2/c1-14-21(25-35-24(36-39-25)17-5-3-6-18(13-17)27(30,31)32)23(34-15(2)33-14)16-9-11-37(12-10-16)26(38)22-19(28)7-4-8-20(22)29/h3-8,13,16H,9-12H2,1-2H3. The van der Waals surface area contributed by atoms with Crippen molar-refractivity contribution in [1.82, 2.24) is 25.0 Å². The van der Waals surface area contributed by atoms with Gasteiger partial charge in [-0.3, -0.25) is 4.79 Å². The normalized spacial score (nSPS) is 14.6. The number of hydrogen-bond acceptors (Lipinski definition) is 6. The van der Waals surface area contributed by atoms with Crippen molar-refractivity contribution < 1.29 is 31.3 Å². The van der Waals surface area contributed by atoms with E-state index in [0.717, 1.165) is 24.3 Å². The molecule has 0 N–H and O–H groups in total. The van der Waals surface area contributed by atoms with Gasteiger partial charge < -0.3 is 9.42 Å². The number of alkyl halides is 3. The second-order valence-electron chi connectivity index (χ2n) is 9.28. The lowest BCUT2D eigenvalue weighted by molar-refractivity contribution is -0.137. The van der Waals surface area contributed by atoms with Crippen molar-refractivity contribution in [2.45, 2.75) is 38.8 Å². The highest BCUT2D eigenvalue weighted by atomic mass is 19.4. The third kappa shape index (κ3) is 5.23. The number of rotatable bonds is 4. The van der Waals surface area contributed by atoms with Crippen molar-refractivity contribution in [3.05, 3.63) is 82.4 Å². The van der Waals surface area contributed by atoms with Crippen molar-refractivity contribution in [2.75, 3.05) is 13.1 Å². The minimum absolute atomic E-state index is 0.0191. The van der Waals surface area contributed by atoms with E-state index in [-0.39, 0.29) is 36.3 Å². The molecule has 2 aromatic heterocycles. The first-order chi connectivity index (χ1) is 18.5. The molecule has 2 aromatic carbocycles. The maximum Gasteiger partial charge on any atom is 0.416 e. The van der Waals surface area contributed by atoms with E-state index in [1.807, 2.05) is 0 Å². The molecule has 0 radical (unpaired) electrons. The summed E-state index contributed by atoms with van der Waals surface area (Å²) in [5.74, 6) is -2.19. The number of piperidine rings is 1.